The van der Waals surface area contributed by atoms with Gasteiger partial charge in [0.05, 0.1) is 18.1 Å². The van der Waals surface area contributed by atoms with Crippen molar-refractivity contribution in [2.45, 2.75) is 25.2 Å². The molecule has 8 heteroatoms. The standard InChI is InChI=1S/C13H19F2N5O/c1-19(2)11-16-8-10(9-17-11)18-12(21)20-6-3-4-13(14,15)5-7-20/h8-9H,3-7H2,1-2H3,(H,18,21). The van der Waals surface area contributed by atoms with Crippen LogP contribution in [0.15, 0.2) is 12.4 Å². The first-order chi connectivity index (χ1) is 9.87. The summed E-state index contributed by atoms with van der Waals surface area (Å²) in [4.78, 5) is 23.4. The number of urea groups is 1. The highest BCUT2D eigenvalue weighted by Gasteiger charge is 2.33. The Kier molecular flexibility index (Phi) is 4.54. The molecule has 21 heavy (non-hydrogen) atoms. The fourth-order valence-electron chi connectivity index (χ4n) is 2.09. The minimum atomic E-state index is -2.68. The normalized spacial score (nSPS) is 18.0. The summed E-state index contributed by atoms with van der Waals surface area (Å²) in [5.74, 6) is -2.15. The molecule has 0 bridgehead atoms. The minimum Gasteiger partial charge on any atom is -0.347 e. The van der Waals surface area contributed by atoms with Crippen molar-refractivity contribution in [1.29, 1.82) is 0 Å². The molecule has 0 aliphatic carbocycles. The van der Waals surface area contributed by atoms with Crippen LogP contribution < -0.4 is 10.2 Å². The third-order valence-corrected chi connectivity index (χ3v) is 3.29. The van der Waals surface area contributed by atoms with Gasteiger partial charge in [-0.2, -0.15) is 0 Å². The maximum Gasteiger partial charge on any atom is 0.321 e. The molecule has 2 amide bonds. The van der Waals surface area contributed by atoms with Gasteiger partial charge in [-0.15, -0.1) is 0 Å². The van der Waals surface area contributed by atoms with Crippen molar-refractivity contribution >= 4 is 17.7 Å². The average Bonchev–Trinajstić information content (AvgIpc) is 2.60. The molecule has 0 unspecified atom stereocenters. The maximum absolute atomic E-state index is 13.3. The summed E-state index contributed by atoms with van der Waals surface area (Å²) in [7, 11) is 3.62. The molecule has 0 aromatic carbocycles. The highest BCUT2D eigenvalue weighted by molar-refractivity contribution is 5.89. The molecule has 1 N–H and O–H groups in total. The van der Waals surface area contributed by atoms with Crippen molar-refractivity contribution in [1.82, 2.24) is 14.9 Å². The van der Waals surface area contributed by atoms with E-state index < -0.39 is 12.0 Å². The number of nitrogens with one attached hydrogen (secondary N) is 1. The molecular weight excluding hydrogens is 280 g/mol. The quantitative estimate of drug-likeness (QED) is 0.909. The van der Waals surface area contributed by atoms with Crippen molar-refractivity contribution in [3.63, 3.8) is 0 Å². The molecule has 1 fully saturated rings. The highest BCUT2D eigenvalue weighted by Crippen LogP contribution is 2.27. The lowest BCUT2D eigenvalue weighted by Gasteiger charge is -2.21. The van der Waals surface area contributed by atoms with Crippen molar-refractivity contribution in [2.24, 2.45) is 0 Å². The highest BCUT2D eigenvalue weighted by atomic mass is 19.3. The lowest BCUT2D eigenvalue weighted by molar-refractivity contribution is -0.0121. The van der Waals surface area contributed by atoms with Crippen LogP contribution in [0.4, 0.5) is 25.2 Å². The van der Waals surface area contributed by atoms with E-state index >= 15 is 0 Å². The Balaban J connectivity index is 1.94. The second-order valence-corrected chi connectivity index (χ2v) is 5.29. The number of anilines is 2. The number of alkyl halides is 2. The van der Waals surface area contributed by atoms with Gasteiger partial charge >= 0.3 is 6.03 Å². The van der Waals surface area contributed by atoms with Crippen molar-refractivity contribution in [2.75, 3.05) is 37.4 Å². The monoisotopic (exact) mass is 299 g/mol. The summed E-state index contributed by atoms with van der Waals surface area (Å²) < 4.78 is 26.5. The van der Waals surface area contributed by atoms with Crippen LogP contribution in [0.2, 0.25) is 0 Å². The van der Waals surface area contributed by atoms with Gasteiger partial charge in [0.2, 0.25) is 11.9 Å². The molecule has 6 nitrogen and oxygen atoms in total. The number of rotatable bonds is 2. The number of hydrogen-bond acceptors (Lipinski definition) is 4. The van der Waals surface area contributed by atoms with Gasteiger partial charge in [0.1, 0.15) is 0 Å². The van der Waals surface area contributed by atoms with E-state index in [0.717, 1.165) is 0 Å². The fourth-order valence-corrected chi connectivity index (χ4v) is 2.09. The predicted octanol–water partition coefficient (Wildman–Crippen LogP) is 2.20. The van der Waals surface area contributed by atoms with E-state index in [2.05, 4.69) is 15.3 Å². The van der Waals surface area contributed by atoms with E-state index in [-0.39, 0.29) is 19.4 Å². The molecule has 0 radical (unpaired) electrons. The van der Waals surface area contributed by atoms with Crippen LogP contribution in [0.5, 0.6) is 0 Å². The van der Waals surface area contributed by atoms with Gasteiger partial charge in [-0.25, -0.2) is 23.5 Å². The smallest absolute Gasteiger partial charge is 0.321 e. The van der Waals surface area contributed by atoms with Crippen LogP contribution in [0.25, 0.3) is 0 Å². The zero-order valence-electron chi connectivity index (χ0n) is 12.1. The van der Waals surface area contributed by atoms with Gasteiger partial charge in [-0.05, 0) is 6.42 Å². The van der Waals surface area contributed by atoms with Crippen molar-refractivity contribution < 1.29 is 13.6 Å². The third kappa shape index (κ3) is 4.24. The van der Waals surface area contributed by atoms with Crippen LogP contribution in [0.3, 0.4) is 0 Å². The summed E-state index contributed by atoms with van der Waals surface area (Å²) in [6, 6.07) is -0.395. The molecule has 1 aliphatic rings. The van der Waals surface area contributed by atoms with Gasteiger partial charge in [-0.3, -0.25) is 0 Å². The largest absolute Gasteiger partial charge is 0.347 e. The van der Waals surface area contributed by atoms with Crippen LogP contribution in [0.1, 0.15) is 19.3 Å². The number of amides is 2. The van der Waals surface area contributed by atoms with Gasteiger partial charge in [0, 0.05) is 40.0 Å². The second kappa shape index (κ2) is 6.19. The Hall–Kier alpha value is -1.99. The van der Waals surface area contributed by atoms with Crippen LogP contribution in [-0.4, -0.2) is 54.0 Å². The Labute approximate surface area is 122 Å². The molecule has 2 heterocycles. The molecule has 0 spiro atoms. The van der Waals surface area contributed by atoms with E-state index in [9.17, 15) is 13.6 Å². The molecule has 0 atom stereocenters. The first-order valence-corrected chi connectivity index (χ1v) is 6.80. The Morgan fingerprint density at radius 2 is 1.95 bits per heavy atom. The first-order valence-electron chi connectivity index (χ1n) is 6.80. The topological polar surface area (TPSA) is 61.4 Å². The zero-order valence-corrected chi connectivity index (χ0v) is 12.1. The van der Waals surface area contributed by atoms with E-state index in [1.54, 1.807) is 4.90 Å². The third-order valence-electron chi connectivity index (χ3n) is 3.29. The predicted molar refractivity (Wildman–Crippen MR) is 75.7 cm³/mol. The molecule has 1 saturated heterocycles. The summed E-state index contributed by atoms with van der Waals surface area (Å²) in [5, 5.41) is 2.63. The van der Waals surface area contributed by atoms with Gasteiger partial charge < -0.3 is 15.1 Å². The summed E-state index contributed by atoms with van der Waals surface area (Å²) in [5.41, 5.74) is 0.446. The van der Waals surface area contributed by atoms with Crippen LogP contribution in [0, 0.1) is 0 Å². The number of halogens is 2. The average molecular weight is 299 g/mol. The second-order valence-electron chi connectivity index (χ2n) is 5.29. The summed E-state index contributed by atoms with van der Waals surface area (Å²) in [6.07, 6.45) is 2.82. The summed E-state index contributed by atoms with van der Waals surface area (Å²) in [6.45, 7) is 0.382. The molecule has 116 valence electrons. The fraction of sp³-hybridized carbons (Fsp3) is 0.615. The van der Waals surface area contributed by atoms with E-state index in [0.29, 0.717) is 24.6 Å². The van der Waals surface area contributed by atoms with E-state index in [1.807, 2.05) is 14.1 Å². The number of carbonyl (C=O) groups is 1. The first kappa shape index (κ1) is 15.4. The molecule has 1 aromatic heterocycles. The van der Waals surface area contributed by atoms with Crippen molar-refractivity contribution in [3.8, 4) is 0 Å². The molecular formula is C13H19F2N5O. The SMILES string of the molecule is CN(C)c1ncc(NC(=O)N2CCCC(F)(F)CC2)cn1. The zero-order chi connectivity index (χ0) is 15.5. The Bertz CT molecular complexity index is 492. The minimum absolute atomic E-state index is 0.0511. The lowest BCUT2D eigenvalue weighted by atomic mass is 10.1. The van der Waals surface area contributed by atoms with Gasteiger partial charge in [0.15, 0.2) is 0 Å². The van der Waals surface area contributed by atoms with Crippen LogP contribution in [-0.2, 0) is 0 Å². The number of likely N-dealkylation sites (tertiary alicyclic amines) is 1. The summed E-state index contributed by atoms with van der Waals surface area (Å²) >= 11 is 0. The van der Waals surface area contributed by atoms with Gasteiger partial charge in [0.25, 0.3) is 0 Å². The van der Waals surface area contributed by atoms with Crippen LogP contribution >= 0.6 is 0 Å². The number of nitrogens with zero attached hydrogens (tertiary/aromatic N) is 4. The number of carbonyl (C=O) groups excluding carboxylic acids is 1. The lowest BCUT2D eigenvalue weighted by Crippen LogP contribution is -2.36. The number of aromatic nitrogens is 2. The Morgan fingerprint density at radius 1 is 1.29 bits per heavy atom. The number of hydrogen-bond donors (Lipinski definition) is 1. The molecule has 0 saturated carbocycles. The van der Waals surface area contributed by atoms with E-state index in [4.69, 9.17) is 0 Å². The molecule has 1 aliphatic heterocycles. The molecule has 1 aromatic rings. The maximum atomic E-state index is 13.3. The van der Waals surface area contributed by atoms with Crippen molar-refractivity contribution in [3.05, 3.63) is 12.4 Å². The van der Waals surface area contributed by atoms with Gasteiger partial charge in [-0.1, -0.05) is 0 Å². The molecule has 2 rings (SSSR count). The Morgan fingerprint density at radius 3 is 2.57 bits per heavy atom. The van der Waals surface area contributed by atoms with E-state index in [1.165, 1.54) is 17.3 Å².